The molecule has 2 N–H and O–H groups in total. The number of halogens is 1. The number of anilines is 1. The maximum absolute atomic E-state index is 13.2. The van der Waals surface area contributed by atoms with Crippen molar-refractivity contribution in [1.29, 1.82) is 0 Å². The maximum Gasteiger partial charge on any atom is 0.303 e. The number of pyridine rings is 1. The lowest BCUT2D eigenvalue weighted by atomic mass is 10.1. The Balaban J connectivity index is 1.68. The molecule has 0 fully saturated rings. The van der Waals surface area contributed by atoms with Gasteiger partial charge >= 0.3 is 5.97 Å². The Morgan fingerprint density at radius 1 is 1.12 bits per heavy atom. The first-order valence-corrected chi connectivity index (χ1v) is 11.8. The summed E-state index contributed by atoms with van der Waals surface area (Å²) >= 11 is 0. The molecule has 0 saturated carbocycles. The molecule has 0 spiro atoms. The Morgan fingerprint density at radius 3 is 2.61 bits per heavy atom. The van der Waals surface area contributed by atoms with Crippen molar-refractivity contribution in [3.8, 4) is 0 Å². The van der Waals surface area contributed by atoms with Gasteiger partial charge in [-0.2, -0.15) is 0 Å². The number of carboxylic acid groups (broad SMARTS) is 1. The summed E-state index contributed by atoms with van der Waals surface area (Å²) in [7, 11) is -3.89. The molecule has 0 aliphatic heterocycles. The molecular formula is C24H22FN3O4S. The molecule has 33 heavy (non-hydrogen) atoms. The fourth-order valence-electron chi connectivity index (χ4n) is 3.71. The van der Waals surface area contributed by atoms with Crippen LogP contribution < -0.4 is 4.72 Å². The van der Waals surface area contributed by atoms with Gasteiger partial charge in [0.05, 0.1) is 4.90 Å². The van der Waals surface area contributed by atoms with Crippen LogP contribution in [-0.4, -0.2) is 29.0 Å². The summed E-state index contributed by atoms with van der Waals surface area (Å²) in [6, 6.07) is 13.7. The van der Waals surface area contributed by atoms with Crippen LogP contribution >= 0.6 is 0 Å². The molecule has 0 aliphatic rings. The van der Waals surface area contributed by atoms with Crippen LogP contribution in [0.15, 0.2) is 78.1 Å². The Hall–Kier alpha value is -3.72. The lowest BCUT2D eigenvalue weighted by Gasteiger charge is -2.09. The van der Waals surface area contributed by atoms with E-state index >= 15 is 0 Å². The Kier molecular flexibility index (Phi) is 6.41. The summed E-state index contributed by atoms with van der Waals surface area (Å²) < 4.78 is 43.2. The Bertz CT molecular complexity index is 1380. The molecule has 2 heterocycles. The van der Waals surface area contributed by atoms with Crippen molar-refractivity contribution in [2.24, 2.45) is 0 Å². The van der Waals surface area contributed by atoms with Gasteiger partial charge in [-0.3, -0.25) is 14.5 Å². The number of carbonyl (C=O) groups is 1. The van der Waals surface area contributed by atoms with Crippen molar-refractivity contribution in [2.75, 3.05) is 4.72 Å². The summed E-state index contributed by atoms with van der Waals surface area (Å²) in [5.41, 5.74) is 3.22. The molecular weight excluding hydrogens is 445 g/mol. The minimum Gasteiger partial charge on any atom is -0.481 e. The lowest BCUT2D eigenvalue weighted by molar-refractivity contribution is -0.137. The molecule has 7 nitrogen and oxygen atoms in total. The van der Waals surface area contributed by atoms with Crippen LogP contribution in [0.4, 0.5) is 10.1 Å². The van der Waals surface area contributed by atoms with Crippen LogP contribution in [0.3, 0.4) is 0 Å². The van der Waals surface area contributed by atoms with E-state index in [1.165, 1.54) is 12.1 Å². The van der Waals surface area contributed by atoms with E-state index in [4.69, 9.17) is 5.11 Å². The predicted octanol–water partition coefficient (Wildman–Crippen LogP) is 4.43. The van der Waals surface area contributed by atoms with Gasteiger partial charge in [0.1, 0.15) is 5.82 Å². The molecule has 0 radical (unpaired) electrons. The number of fused-ring (bicyclic) bond motifs is 1. The van der Waals surface area contributed by atoms with Gasteiger partial charge in [0.15, 0.2) is 0 Å². The second-order valence-electron chi connectivity index (χ2n) is 7.67. The summed E-state index contributed by atoms with van der Waals surface area (Å²) in [4.78, 5) is 15.0. The first kappa shape index (κ1) is 22.5. The molecule has 0 atom stereocenters. The summed E-state index contributed by atoms with van der Waals surface area (Å²) in [5, 5.41) is 9.81. The van der Waals surface area contributed by atoms with Gasteiger partial charge < -0.3 is 9.67 Å². The number of nitrogens with zero attached hydrogens (tertiary/aromatic N) is 2. The third-order valence-corrected chi connectivity index (χ3v) is 6.64. The van der Waals surface area contributed by atoms with Crippen LogP contribution in [0.2, 0.25) is 0 Å². The fraction of sp³-hybridized carbons (Fsp3) is 0.167. The van der Waals surface area contributed by atoms with Crippen LogP contribution in [0.25, 0.3) is 10.9 Å². The van der Waals surface area contributed by atoms with Crippen molar-refractivity contribution in [3.05, 3.63) is 90.1 Å². The number of aliphatic carboxylic acids is 1. The van der Waals surface area contributed by atoms with Gasteiger partial charge in [-0.25, -0.2) is 12.8 Å². The number of hydrogen-bond acceptors (Lipinski definition) is 4. The van der Waals surface area contributed by atoms with Gasteiger partial charge in [0, 0.05) is 54.6 Å². The van der Waals surface area contributed by atoms with E-state index in [9.17, 15) is 17.6 Å². The zero-order valence-corrected chi connectivity index (χ0v) is 18.4. The quantitative estimate of drug-likeness (QED) is 0.379. The van der Waals surface area contributed by atoms with Crippen molar-refractivity contribution >= 4 is 32.6 Å². The van der Waals surface area contributed by atoms with E-state index < -0.39 is 21.8 Å². The second-order valence-corrected chi connectivity index (χ2v) is 9.36. The van der Waals surface area contributed by atoms with Gasteiger partial charge in [0.25, 0.3) is 10.0 Å². The first-order chi connectivity index (χ1) is 15.8. The molecule has 0 unspecified atom stereocenters. The maximum atomic E-state index is 13.2. The van der Waals surface area contributed by atoms with Crippen LogP contribution in [0.1, 0.15) is 24.0 Å². The molecule has 0 amide bonds. The van der Waals surface area contributed by atoms with Gasteiger partial charge in [-0.15, -0.1) is 0 Å². The number of rotatable bonds is 9. The van der Waals surface area contributed by atoms with E-state index in [1.807, 2.05) is 29.0 Å². The number of aryl methyl sites for hydroxylation is 1. The first-order valence-electron chi connectivity index (χ1n) is 10.3. The zero-order chi connectivity index (χ0) is 23.4. The molecule has 170 valence electrons. The topological polar surface area (TPSA) is 101 Å². The number of hydrogen-bond donors (Lipinski definition) is 2. The monoisotopic (exact) mass is 467 g/mol. The molecule has 2 aromatic heterocycles. The highest BCUT2D eigenvalue weighted by atomic mass is 32.2. The second kappa shape index (κ2) is 9.41. The highest BCUT2D eigenvalue weighted by Gasteiger charge is 2.16. The van der Waals surface area contributed by atoms with Gasteiger partial charge in [-0.1, -0.05) is 6.07 Å². The van der Waals surface area contributed by atoms with Crippen molar-refractivity contribution < 1.29 is 22.7 Å². The molecule has 0 aliphatic carbocycles. The molecule has 9 heteroatoms. The molecule has 4 aromatic rings. The summed E-state index contributed by atoms with van der Waals surface area (Å²) in [5.74, 6) is -1.36. The molecule has 2 aromatic carbocycles. The van der Waals surface area contributed by atoms with Crippen LogP contribution in [0.5, 0.6) is 0 Å². The number of aromatic nitrogens is 2. The minimum atomic E-state index is -3.89. The van der Waals surface area contributed by atoms with E-state index in [0.29, 0.717) is 25.1 Å². The predicted molar refractivity (Wildman–Crippen MR) is 123 cm³/mol. The third-order valence-electron chi connectivity index (χ3n) is 5.25. The molecule has 0 saturated heterocycles. The number of carboxylic acids is 1. The zero-order valence-electron chi connectivity index (χ0n) is 17.6. The van der Waals surface area contributed by atoms with Crippen molar-refractivity contribution in [2.45, 2.75) is 30.7 Å². The molecule has 0 bridgehead atoms. The van der Waals surface area contributed by atoms with Gasteiger partial charge in [0.2, 0.25) is 0 Å². The SMILES string of the molecule is O=C(O)CCCn1cc(Cc2cccnc2)c2cc(NS(=O)(=O)c3ccc(F)cc3)ccc21. The van der Waals surface area contributed by atoms with Crippen molar-refractivity contribution in [3.63, 3.8) is 0 Å². The molecule has 4 rings (SSSR count). The van der Waals surface area contributed by atoms with E-state index in [0.717, 1.165) is 34.2 Å². The lowest BCUT2D eigenvalue weighted by Crippen LogP contribution is -2.12. The van der Waals surface area contributed by atoms with E-state index in [2.05, 4.69) is 9.71 Å². The summed E-state index contributed by atoms with van der Waals surface area (Å²) in [6.07, 6.45) is 6.56. The van der Waals surface area contributed by atoms with Gasteiger partial charge in [-0.05, 0) is 66.1 Å². The van der Waals surface area contributed by atoms with Crippen molar-refractivity contribution in [1.82, 2.24) is 9.55 Å². The largest absolute Gasteiger partial charge is 0.481 e. The number of benzene rings is 2. The normalized spacial score (nSPS) is 11.5. The highest BCUT2D eigenvalue weighted by molar-refractivity contribution is 7.92. The average molecular weight is 468 g/mol. The summed E-state index contributed by atoms with van der Waals surface area (Å²) in [6.45, 7) is 0.524. The van der Waals surface area contributed by atoms with E-state index in [-0.39, 0.29) is 11.3 Å². The number of nitrogens with one attached hydrogen (secondary N) is 1. The standard InChI is InChI=1S/C24H22FN3O4S/c25-19-5-8-21(9-6-19)33(31,32)27-20-7-10-23-22(14-20)18(13-17-3-1-11-26-15-17)16-28(23)12-2-4-24(29)30/h1,3,5-11,14-16,27H,2,4,12-13H2,(H,29,30). The van der Waals surface area contributed by atoms with Crippen LogP contribution in [-0.2, 0) is 27.8 Å². The highest BCUT2D eigenvalue weighted by Crippen LogP contribution is 2.28. The average Bonchev–Trinajstić information content (AvgIpc) is 3.11. The Morgan fingerprint density at radius 2 is 1.91 bits per heavy atom. The minimum absolute atomic E-state index is 0.0363. The number of sulfonamides is 1. The smallest absolute Gasteiger partial charge is 0.303 e. The Labute approximate surface area is 190 Å². The van der Waals surface area contributed by atoms with E-state index in [1.54, 1.807) is 24.5 Å². The van der Waals surface area contributed by atoms with Crippen LogP contribution in [0, 0.1) is 5.82 Å². The third kappa shape index (κ3) is 5.38. The fourth-order valence-corrected chi connectivity index (χ4v) is 4.76.